The quantitative estimate of drug-likeness (QED) is 0.835. The van der Waals surface area contributed by atoms with Crippen LogP contribution in [0.4, 0.5) is 5.69 Å². The van der Waals surface area contributed by atoms with Crippen molar-refractivity contribution in [1.29, 1.82) is 0 Å². The maximum atomic E-state index is 12.6. The third-order valence-corrected chi connectivity index (χ3v) is 4.87. The molecule has 0 bridgehead atoms. The number of hydrogen-bond donors (Lipinski definition) is 2. The van der Waals surface area contributed by atoms with Crippen molar-refractivity contribution in [1.82, 2.24) is 5.32 Å². The van der Waals surface area contributed by atoms with E-state index < -0.39 is 5.60 Å². The maximum Gasteiger partial charge on any atom is 0.256 e. The Morgan fingerprint density at radius 1 is 1.23 bits per heavy atom. The van der Waals surface area contributed by atoms with Crippen molar-refractivity contribution in [2.45, 2.75) is 48.9 Å². The van der Waals surface area contributed by atoms with Crippen molar-refractivity contribution in [3.8, 4) is 0 Å². The lowest BCUT2D eigenvalue weighted by Crippen LogP contribution is -2.51. The van der Waals surface area contributed by atoms with Crippen LogP contribution in [0.25, 0.3) is 0 Å². The Bertz CT molecular complexity index is 502. The maximum absolute atomic E-state index is 12.6. The number of hydrogen-bond acceptors (Lipinski definition) is 4. The molecule has 1 heterocycles. The fraction of sp³-hybridized carbons (Fsp3) is 0.588. The van der Waals surface area contributed by atoms with Gasteiger partial charge in [0.2, 0.25) is 0 Å². The van der Waals surface area contributed by atoms with Crippen LogP contribution in [0, 0.1) is 0 Å². The van der Waals surface area contributed by atoms with Crippen LogP contribution in [0.3, 0.4) is 0 Å². The number of nitrogens with one attached hydrogen (secondary N) is 2. The molecule has 1 saturated heterocycles. The van der Waals surface area contributed by atoms with Gasteiger partial charge < -0.3 is 15.4 Å². The minimum atomic E-state index is -0.704. The smallest absolute Gasteiger partial charge is 0.256 e. The number of methoxy groups -OCH3 is 1. The van der Waals surface area contributed by atoms with Gasteiger partial charge >= 0.3 is 0 Å². The molecule has 2 rings (SSSR count). The van der Waals surface area contributed by atoms with Gasteiger partial charge in [-0.25, -0.2) is 0 Å². The van der Waals surface area contributed by atoms with Gasteiger partial charge in [0.1, 0.15) is 5.60 Å². The Labute approximate surface area is 137 Å². The first-order valence-corrected chi connectivity index (χ1v) is 8.53. The van der Waals surface area contributed by atoms with Crippen molar-refractivity contribution < 1.29 is 9.53 Å². The highest BCUT2D eigenvalue weighted by molar-refractivity contribution is 8.00. The first kappa shape index (κ1) is 17.3. The summed E-state index contributed by atoms with van der Waals surface area (Å²) in [6.07, 6.45) is 1.40. The topological polar surface area (TPSA) is 50.4 Å². The van der Waals surface area contributed by atoms with Crippen LogP contribution in [0.1, 0.15) is 33.6 Å². The summed E-state index contributed by atoms with van der Waals surface area (Å²) in [5.74, 6) is -0.0484. The summed E-state index contributed by atoms with van der Waals surface area (Å²) in [5.41, 5.74) is 0.114. The van der Waals surface area contributed by atoms with Gasteiger partial charge in [-0.05, 0) is 50.2 Å². The lowest BCUT2D eigenvalue weighted by molar-refractivity contribution is -0.140. The molecule has 0 radical (unpaired) electrons. The highest BCUT2D eigenvalue weighted by Gasteiger charge is 2.39. The van der Waals surface area contributed by atoms with E-state index in [1.54, 1.807) is 7.11 Å². The molecular weight excluding hydrogens is 296 g/mol. The lowest BCUT2D eigenvalue weighted by Gasteiger charge is -2.34. The van der Waals surface area contributed by atoms with Crippen molar-refractivity contribution in [3.05, 3.63) is 24.3 Å². The molecule has 1 aromatic rings. The normalized spacial score (nSPS) is 18.0. The zero-order chi connectivity index (χ0) is 16.2. The fourth-order valence-electron chi connectivity index (χ4n) is 2.56. The number of carbonyl (C=O) groups excluding carboxylic acids is 1. The summed E-state index contributed by atoms with van der Waals surface area (Å²) in [7, 11) is 1.62. The molecule has 2 N–H and O–H groups in total. The van der Waals surface area contributed by atoms with E-state index in [1.165, 1.54) is 4.90 Å². The first-order valence-electron chi connectivity index (χ1n) is 7.71. The first-order chi connectivity index (χ1) is 10.3. The lowest BCUT2D eigenvalue weighted by atomic mass is 9.91. The zero-order valence-electron chi connectivity index (χ0n) is 13.9. The zero-order valence-corrected chi connectivity index (χ0v) is 14.7. The Balaban J connectivity index is 2.02. The minimum Gasteiger partial charge on any atom is -0.368 e. The molecule has 0 atom stereocenters. The van der Waals surface area contributed by atoms with E-state index in [9.17, 15) is 4.79 Å². The predicted octanol–water partition coefficient (Wildman–Crippen LogP) is 3.28. The Hall–Kier alpha value is -1.04. The number of ether oxygens (including phenoxy) is 1. The highest BCUT2D eigenvalue weighted by atomic mass is 32.2. The van der Waals surface area contributed by atoms with E-state index in [-0.39, 0.29) is 10.7 Å². The SMILES string of the molecule is COC1(C(=O)Nc2ccc(SC(C)(C)C)cc2)CCNCC1. The van der Waals surface area contributed by atoms with Gasteiger partial charge in [0.05, 0.1) is 0 Å². The van der Waals surface area contributed by atoms with Crippen LogP contribution in [0.2, 0.25) is 0 Å². The molecule has 0 unspecified atom stereocenters. The van der Waals surface area contributed by atoms with Crippen molar-refractivity contribution >= 4 is 23.4 Å². The monoisotopic (exact) mass is 322 g/mol. The number of carbonyl (C=O) groups is 1. The van der Waals surface area contributed by atoms with Gasteiger partial charge in [0, 0.05) is 22.4 Å². The van der Waals surface area contributed by atoms with E-state index in [1.807, 2.05) is 36.0 Å². The van der Waals surface area contributed by atoms with Gasteiger partial charge in [0.25, 0.3) is 5.91 Å². The number of amides is 1. The molecule has 1 aliphatic heterocycles. The molecule has 0 spiro atoms. The molecule has 0 aromatic heterocycles. The van der Waals surface area contributed by atoms with Crippen LogP contribution in [0.5, 0.6) is 0 Å². The van der Waals surface area contributed by atoms with Gasteiger partial charge in [0.15, 0.2) is 0 Å². The van der Waals surface area contributed by atoms with Crippen LogP contribution < -0.4 is 10.6 Å². The fourth-order valence-corrected chi connectivity index (χ4v) is 3.54. The Kier molecular flexibility index (Phi) is 5.53. The van der Waals surface area contributed by atoms with Crippen LogP contribution in [-0.2, 0) is 9.53 Å². The molecule has 1 aliphatic rings. The molecule has 5 heteroatoms. The highest BCUT2D eigenvalue weighted by Crippen LogP contribution is 2.32. The average molecular weight is 322 g/mol. The summed E-state index contributed by atoms with van der Waals surface area (Å²) >= 11 is 1.81. The van der Waals surface area contributed by atoms with Crippen molar-refractivity contribution in [2.24, 2.45) is 0 Å². The van der Waals surface area contributed by atoms with E-state index >= 15 is 0 Å². The second-order valence-electron chi connectivity index (χ2n) is 6.64. The number of rotatable bonds is 4. The number of anilines is 1. The van der Waals surface area contributed by atoms with Crippen molar-refractivity contribution in [2.75, 3.05) is 25.5 Å². The second-order valence-corrected chi connectivity index (χ2v) is 8.54. The molecule has 22 heavy (non-hydrogen) atoms. The Morgan fingerprint density at radius 2 is 1.82 bits per heavy atom. The molecule has 0 aliphatic carbocycles. The molecule has 1 amide bonds. The molecule has 122 valence electrons. The summed E-state index contributed by atoms with van der Waals surface area (Å²) < 4.78 is 5.73. The van der Waals surface area contributed by atoms with Gasteiger partial charge in [-0.1, -0.05) is 20.8 Å². The molecule has 1 fully saturated rings. The van der Waals surface area contributed by atoms with Crippen LogP contribution in [-0.4, -0.2) is 36.5 Å². The van der Waals surface area contributed by atoms with Gasteiger partial charge in [-0.3, -0.25) is 4.79 Å². The molecule has 1 aromatic carbocycles. The minimum absolute atomic E-state index is 0.0484. The van der Waals surface area contributed by atoms with E-state index in [0.717, 1.165) is 18.8 Å². The largest absolute Gasteiger partial charge is 0.368 e. The third kappa shape index (κ3) is 4.48. The third-order valence-electron chi connectivity index (χ3n) is 3.75. The number of benzene rings is 1. The average Bonchev–Trinajstić information content (AvgIpc) is 2.48. The second kappa shape index (κ2) is 7.02. The van der Waals surface area contributed by atoms with E-state index in [4.69, 9.17) is 4.74 Å². The standard InChI is InChI=1S/C17H26N2O2S/c1-16(2,3)22-14-7-5-13(6-8-14)19-15(20)17(21-4)9-11-18-12-10-17/h5-8,18H,9-12H2,1-4H3,(H,19,20). The van der Waals surface area contributed by atoms with Crippen LogP contribution >= 0.6 is 11.8 Å². The van der Waals surface area contributed by atoms with Crippen molar-refractivity contribution in [3.63, 3.8) is 0 Å². The van der Waals surface area contributed by atoms with Gasteiger partial charge in [-0.2, -0.15) is 0 Å². The van der Waals surface area contributed by atoms with E-state index in [0.29, 0.717) is 12.8 Å². The van der Waals surface area contributed by atoms with E-state index in [2.05, 4.69) is 31.4 Å². The molecule has 0 saturated carbocycles. The summed E-state index contributed by atoms with van der Waals surface area (Å²) in [6, 6.07) is 8.01. The number of thioether (sulfide) groups is 1. The summed E-state index contributed by atoms with van der Waals surface area (Å²) in [5, 5.41) is 6.25. The predicted molar refractivity (Wildman–Crippen MR) is 92.5 cm³/mol. The van der Waals surface area contributed by atoms with Crippen LogP contribution in [0.15, 0.2) is 29.2 Å². The Morgan fingerprint density at radius 3 is 2.32 bits per heavy atom. The van der Waals surface area contributed by atoms with Gasteiger partial charge in [-0.15, -0.1) is 11.8 Å². The molecule has 4 nitrogen and oxygen atoms in total. The summed E-state index contributed by atoms with van der Waals surface area (Å²) in [4.78, 5) is 13.8. The number of piperidine rings is 1. The molecular formula is C17H26N2O2S. The summed E-state index contributed by atoms with van der Waals surface area (Å²) in [6.45, 7) is 8.18.